The van der Waals surface area contributed by atoms with Gasteiger partial charge in [-0.2, -0.15) is 10.2 Å². The van der Waals surface area contributed by atoms with Gasteiger partial charge in [0.2, 0.25) is 5.91 Å². The number of likely N-dealkylation sites (N-methyl/N-ethyl adjacent to an activating group) is 1. The molecule has 1 amide bonds. The molecular formula is C24H27FN6O4S. The van der Waals surface area contributed by atoms with Crippen molar-refractivity contribution in [3.8, 4) is 10.8 Å². The molecule has 3 aromatic heterocycles. The average Bonchev–Trinajstić information content (AvgIpc) is 3.50. The van der Waals surface area contributed by atoms with Gasteiger partial charge in [0.1, 0.15) is 27.9 Å². The average molecular weight is 515 g/mol. The molecule has 0 unspecified atom stereocenters. The Morgan fingerprint density at radius 3 is 2.58 bits per heavy atom. The van der Waals surface area contributed by atoms with E-state index in [0.717, 1.165) is 11.0 Å². The molecule has 4 rings (SSSR count). The van der Waals surface area contributed by atoms with Gasteiger partial charge in [0.25, 0.3) is 5.56 Å². The Kier molecular flexibility index (Phi) is 7.34. The SMILES string of the molecule is CCCN(C)C(=O)Cn1c(=O)c2c(C)c(-n3nccn3)sc2n(CCc2cc(F)ccc2OC)c1=O. The predicted octanol–water partition coefficient (Wildman–Crippen LogP) is 2.37. The third-order valence-electron chi connectivity index (χ3n) is 5.99. The highest BCUT2D eigenvalue weighted by Gasteiger charge is 2.23. The molecule has 0 N–H and O–H groups in total. The first-order chi connectivity index (χ1) is 17.3. The Balaban J connectivity index is 1.87. The zero-order chi connectivity index (χ0) is 26.0. The maximum absolute atomic E-state index is 13.9. The molecule has 4 aromatic rings. The van der Waals surface area contributed by atoms with E-state index < -0.39 is 17.1 Å². The molecule has 0 spiro atoms. The molecule has 1 aromatic carbocycles. The number of aryl methyl sites for hydroxylation is 3. The van der Waals surface area contributed by atoms with Gasteiger partial charge in [-0.05, 0) is 43.5 Å². The second kappa shape index (κ2) is 10.4. The Morgan fingerprint density at radius 2 is 1.92 bits per heavy atom. The minimum Gasteiger partial charge on any atom is -0.496 e. The number of fused-ring (bicyclic) bond motifs is 1. The Hall–Kier alpha value is -3.80. The number of halogens is 1. The van der Waals surface area contributed by atoms with E-state index in [2.05, 4.69) is 10.2 Å². The fraction of sp³-hybridized carbons (Fsp3) is 0.375. The molecule has 190 valence electrons. The first-order valence-corrected chi connectivity index (χ1v) is 12.3. The minimum atomic E-state index is -0.609. The van der Waals surface area contributed by atoms with Gasteiger partial charge in [-0.3, -0.25) is 18.7 Å². The van der Waals surface area contributed by atoms with Gasteiger partial charge in [-0.15, -0.1) is 4.80 Å². The summed E-state index contributed by atoms with van der Waals surface area (Å²) >= 11 is 1.21. The Labute approximate surface area is 210 Å². The second-order valence-electron chi connectivity index (χ2n) is 8.38. The number of benzene rings is 1. The van der Waals surface area contributed by atoms with Gasteiger partial charge in [0, 0.05) is 25.7 Å². The molecule has 3 heterocycles. The molecule has 12 heteroatoms. The quantitative estimate of drug-likeness (QED) is 0.340. The summed E-state index contributed by atoms with van der Waals surface area (Å²) in [7, 11) is 3.13. The fourth-order valence-electron chi connectivity index (χ4n) is 4.12. The molecule has 0 atom stereocenters. The first kappa shape index (κ1) is 25.3. The van der Waals surface area contributed by atoms with Gasteiger partial charge in [-0.25, -0.2) is 9.18 Å². The third kappa shape index (κ3) is 4.68. The maximum atomic E-state index is 13.9. The molecule has 0 bridgehead atoms. The van der Waals surface area contributed by atoms with Gasteiger partial charge in [0.05, 0.1) is 24.9 Å². The van der Waals surface area contributed by atoms with Gasteiger partial charge < -0.3 is 9.64 Å². The van der Waals surface area contributed by atoms with Crippen LogP contribution in [-0.4, -0.2) is 55.6 Å². The predicted molar refractivity (Wildman–Crippen MR) is 135 cm³/mol. The topological polar surface area (TPSA) is 104 Å². The van der Waals surface area contributed by atoms with Crippen LogP contribution in [0.5, 0.6) is 5.75 Å². The Bertz CT molecular complexity index is 1520. The number of thiophene rings is 1. The second-order valence-corrected chi connectivity index (χ2v) is 9.36. The van der Waals surface area contributed by atoms with E-state index in [1.54, 1.807) is 14.0 Å². The highest BCUT2D eigenvalue weighted by Crippen LogP contribution is 2.30. The molecule has 0 fully saturated rings. The highest BCUT2D eigenvalue weighted by molar-refractivity contribution is 7.21. The largest absolute Gasteiger partial charge is 0.496 e. The zero-order valence-corrected chi connectivity index (χ0v) is 21.3. The summed E-state index contributed by atoms with van der Waals surface area (Å²) < 4.78 is 21.7. The van der Waals surface area contributed by atoms with Crippen LogP contribution in [-0.2, 0) is 24.3 Å². The highest BCUT2D eigenvalue weighted by atomic mass is 32.1. The van der Waals surface area contributed by atoms with E-state index in [1.165, 1.54) is 63.3 Å². The lowest BCUT2D eigenvalue weighted by molar-refractivity contribution is -0.130. The summed E-state index contributed by atoms with van der Waals surface area (Å²) in [5.41, 5.74) is 0.0371. The van der Waals surface area contributed by atoms with Crippen LogP contribution in [0.25, 0.3) is 15.2 Å². The van der Waals surface area contributed by atoms with Crippen molar-refractivity contribution in [1.82, 2.24) is 29.0 Å². The number of carbonyl (C=O) groups is 1. The van der Waals surface area contributed by atoms with Crippen LogP contribution in [0.1, 0.15) is 24.5 Å². The van der Waals surface area contributed by atoms with E-state index in [1.807, 2.05) is 6.92 Å². The van der Waals surface area contributed by atoms with Crippen molar-refractivity contribution < 1.29 is 13.9 Å². The van der Waals surface area contributed by atoms with Gasteiger partial charge >= 0.3 is 5.69 Å². The number of amides is 1. The Morgan fingerprint density at radius 1 is 1.19 bits per heavy atom. The van der Waals surface area contributed by atoms with Crippen molar-refractivity contribution in [3.05, 3.63) is 68.4 Å². The monoisotopic (exact) mass is 514 g/mol. The standard InChI is InChI=1S/C24H27FN6O4S/c1-5-11-28(3)19(32)14-30-21(33)20-15(2)22(31-26-9-10-27-31)36-23(20)29(24(30)34)12-8-16-13-17(25)6-7-18(16)35-4/h6-7,9-10,13H,5,8,11-12,14H2,1-4H3. The number of hydrogen-bond donors (Lipinski definition) is 0. The molecule has 0 aliphatic heterocycles. The van der Waals surface area contributed by atoms with Crippen LogP contribution >= 0.6 is 11.3 Å². The summed E-state index contributed by atoms with van der Waals surface area (Å²) in [4.78, 5) is 43.2. The van der Waals surface area contributed by atoms with E-state index in [0.29, 0.717) is 38.6 Å². The summed E-state index contributed by atoms with van der Waals surface area (Å²) in [6, 6.07) is 4.19. The molecule has 0 saturated heterocycles. The van der Waals surface area contributed by atoms with Crippen molar-refractivity contribution in [1.29, 1.82) is 0 Å². The molecule has 0 aliphatic rings. The van der Waals surface area contributed by atoms with Crippen LogP contribution < -0.4 is 16.0 Å². The van der Waals surface area contributed by atoms with Crippen molar-refractivity contribution in [2.75, 3.05) is 20.7 Å². The van der Waals surface area contributed by atoms with Gasteiger partial charge in [0.15, 0.2) is 0 Å². The smallest absolute Gasteiger partial charge is 0.332 e. The van der Waals surface area contributed by atoms with Crippen molar-refractivity contribution >= 4 is 27.5 Å². The van der Waals surface area contributed by atoms with Crippen LogP contribution in [0, 0.1) is 12.7 Å². The number of rotatable bonds is 9. The van der Waals surface area contributed by atoms with Crippen molar-refractivity contribution in [2.24, 2.45) is 0 Å². The summed E-state index contributed by atoms with van der Waals surface area (Å²) in [5.74, 6) is -0.262. The van der Waals surface area contributed by atoms with Gasteiger partial charge in [-0.1, -0.05) is 18.3 Å². The molecule has 0 saturated carbocycles. The van der Waals surface area contributed by atoms with Crippen LogP contribution in [0.3, 0.4) is 0 Å². The number of carbonyl (C=O) groups excluding carboxylic acids is 1. The lowest BCUT2D eigenvalue weighted by Gasteiger charge is -2.18. The molecule has 0 radical (unpaired) electrons. The van der Waals surface area contributed by atoms with Crippen LogP contribution in [0.2, 0.25) is 0 Å². The number of methoxy groups -OCH3 is 1. The van der Waals surface area contributed by atoms with Crippen molar-refractivity contribution in [2.45, 2.75) is 39.8 Å². The lowest BCUT2D eigenvalue weighted by Crippen LogP contribution is -2.44. The normalized spacial score (nSPS) is 11.2. The number of nitrogens with zero attached hydrogens (tertiary/aromatic N) is 6. The molecular weight excluding hydrogens is 487 g/mol. The number of aromatic nitrogens is 5. The summed E-state index contributed by atoms with van der Waals surface area (Å²) in [6.07, 6.45) is 4.06. The summed E-state index contributed by atoms with van der Waals surface area (Å²) in [5, 5.41) is 9.25. The molecule has 36 heavy (non-hydrogen) atoms. The minimum absolute atomic E-state index is 0.139. The fourth-order valence-corrected chi connectivity index (χ4v) is 5.36. The van der Waals surface area contributed by atoms with E-state index in [4.69, 9.17) is 4.74 Å². The van der Waals surface area contributed by atoms with E-state index >= 15 is 0 Å². The van der Waals surface area contributed by atoms with E-state index in [9.17, 15) is 18.8 Å². The lowest BCUT2D eigenvalue weighted by atomic mass is 10.1. The molecule has 0 aliphatic carbocycles. The summed E-state index contributed by atoms with van der Waals surface area (Å²) in [6.45, 7) is 3.97. The zero-order valence-electron chi connectivity index (χ0n) is 20.5. The van der Waals surface area contributed by atoms with Crippen LogP contribution in [0.15, 0.2) is 40.2 Å². The number of hydrogen-bond acceptors (Lipinski definition) is 7. The van der Waals surface area contributed by atoms with Crippen molar-refractivity contribution in [3.63, 3.8) is 0 Å². The maximum Gasteiger partial charge on any atom is 0.332 e. The van der Waals surface area contributed by atoms with Crippen LogP contribution in [0.4, 0.5) is 4.39 Å². The number of ether oxygens (including phenoxy) is 1. The first-order valence-electron chi connectivity index (χ1n) is 11.5. The molecule has 10 nitrogen and oxygen atoms in total. The third-order valence-corrected chi connectivity index (χ3v) is 7.28. The van der Waals surface area contributed by atoms with E-state index in [-0.39, 0.29) is 25.4 Å².